The summed E-state index contributed by atoms with van der Waals surface area (Å²) in [7, 11) is 0. The summed E-state index contributed by atoms with van der Waals surface area (Å²) >= 11 is 2.96. The van der Waals surface area contributed by atoms with Gasteiger partial charge in [0, 0.05) is 11.6 Å². The SMILES string of the molecule is Cc1nc(C)c(C(=O)N(Cc2nccs2)C[C@H]2COc3ccccc3O2)s1. The van der Waals surface area contributed by atoms with E-state index in [2.05, 4.69) is 9.97 Å². The fraction of sp³-hybridized carbons (Fsp3) is 0.316. The van der Waals surface area contributed by atoms with Crippen molar-refractivity contribution in [2.24, 2.45) is 0 Å². The Hall–Kier alpha value is -2.45. The number of fused-ring (bicyclic) bond motifs is 1. The Morgan fingerprint density at radius 3 is 2.81 bits per heavy atom. The highest BCUT2D eigenvalue weighted by molar-refractivity contribution is 7.13. The summed E-state index contributed by atoms with van der Waals surface area (Å²) in [5.41, 5.74) is 0.762. The zero-order valence-electron chi connectivity index (χ0n) is 15.0. The number of nitrogens with zero attached hydrogens (tertiary/aromatic N) is 3. The van der Waals surface area contributed by atoms with Crippen molar-refractivity contribution in [1.29, 1.82) is 0 Å². The van der Waals surface area contributed by atoms with Crippen LogP contribution >= 0.6 is 22.7 Å². The third kappa shape index (κ3) is 3.96. The lowest BCUT2D eigenvalue weighted by molar-refractivity contribution is 0.0446. The van der Waals surface area contributed by atoms with Crippen molar-refractivity contribution < 1.29 is 14.3 Å². The minimum absolute atomic E-state index is 0.0456. The quantitative estimate of drug-likeness (QED) is 0.652. The smallest absolute Gasteiger partial charge is 0.266 e. The number of carbonyl (C=O) groups is 1. The average molecular weight is 402 g/mol. The van der Waals surface area contributed by atoms with Gasteiger partial charge in [0.1, 0.15) is 16.5 Å². The van der Waals surface area contributed by atoms with Gasteiger partial charge >= 0.3 is 0 Å². The van der Waals surface area contributed by atoms with Gasteiger partial charge in [-0.3, -0.25) is 4.79 Å². The Bertz CT molecular complexity index is 940. The van der Waals surface area contributed by atoms with E-state index >= 15 is 0 Å². The first-order valence-corrected chi connectivity index (χ1v) is 10.3. The van der Waals surface area contributed by atoms with Crippen molar-refractivity contribution in [2.75, 3.05) is 13.2 Å². The molecule has 3 heterocycles. The van der Waals surface area contributed by atoms with Crippen molar-refractivity contribution >= 4 is 28.6 Å². The molecule has 0 saturated carbocycles. The van der Waals surface area contributed by atoms with Crippen LogP contribution in [0.15, 0.2) is 35.8 Å². The number of aryl methyl sites for hydroxylation is 2. The van der Waals surface area contributed by atoms with Crippen LogP contribution in [0.5, 0.6) is 11.5 Å². The van der Waals surface area contributed by atoms with Crippen molar-refractivity contribution in [2.45, 2.75) is 26.5 Å². The molecule has 0 N–H and O–H groups in total. The number of hydrogen-bond acceptors (Lipinski definition) is 7. The van der Waals surface area contributed by atoms with Crippen LogP contribution in [0.3, 0.4) is 0 Å². The highest BCUT2D eigenvalue weighted by Gasteiger charge is 2.28. The van der Waals surface area contributed by atoms with E-state index in [-0.39, 0.29) is 12.0 Å². The molecule has 0 unspecified atom stereocenters. The number of carbonyl (C=O) groups excluding carboxylic acids is 1. The molecule has 2 aromatic heterocycles. The van der Waals surface area contributed by atoms with E-state index in [1.165, 1.54) is 22.7 Å². The fourth-order valence-corrected chi connectivity index (χ4v) is 4.50. The van der Waals surface area contributed by atoms with Gasteiger partial charge in [-0.1, -0.05) is 12.1 Å². The van der Waals surface area contributed by atoms with Crippen LogP contribution in [0.25, 0.3) is 0 Å². The summed E-state index contributed by atoms with van der Waals surface area (Å²) in [4.78, 5) is 24.4. The van der Waals surface area contributed by atoms with Gasteiger partial charge < -0.3 is 14.4 Å². The van der Waals surface area contributed by atoms with Crippen molar-refractivity contribution in [3.63, 3.8) is 0 Å². The molecule has 27 heavy (non-hydrogen) atoms. The van der Waals surface area contributed by atoms with E-state index in [4.69, 9.17) is 9.47 Å². The maximum absolute atomic E-state index is 13.2. The molecule has 1 atom stereocenters. The highest BCUT2D eigenvalue weighted by atomic mass is 32.1. The maximum Gasteiger partial charge on any atom is 0.266 e. The first-order valence-electron chi connectivity index (χ1n) is 8.60. The van der Waals surface area contributed by atoms with Crippen LogP contribution in [0, 0.1) is 13.8 Å². The van der Waals surface area contributed by atoms with Crippen molar-refractivity contribution in [3.05, 3.63) is 56.4 Å². The number of hydrogen-bond donors (Lipinski definition) is 0. The van der Waals surface area contributed by atoms with Gasteiger partial charge in [-0.05, 0) is 26.0 Å². The third-order valence-electron chi connectivity index (χ3n) is 4.19. The minimum Gasteiger partial charge on any atom is -0.486 e. The number of ether oxygens (including phenoxy) is 2. The molecule has 0 spiro atoms. The number of aromatic nitrogens is 2. The second kappa shape index (κ2) is 7.66. The lowest BCUT2D eigenvalue weighted by Gasteiger charge is -2.31. The molecule has 1 aliphatic heterocycles. The van der Waals surface area contributed by atoms with E-state index in [1.54, 1.807) is 11.1 Å². The molecule has 4 rings (SSSR count). The van der Waals surface area contributed by atoms with Gasteiger partial charge in [-0.15, -0.1) is 22.7 Å². The van der Waals surface area contributed by atoms with E-state index in [0.29, 0.717) is 30.3 Å². The van der Waals surface area contributed by atoms with Gasteiger partial charge in [-0.2, -0.15) is 0 Å². The summed E-state index contributed by atoms with van der Waals surface area (Å²) in [6.45, 7) is 5.04. The molecule has 0 fully saturated rings. The third-order valence-corrected chi connectivity index (χ3v) is 6.01. The van der Waals surface area contributed by atoms with Crippen LogP contribution < -0.4 is 9.47 Å². The van der Waals surface area contributed by atoms with Gasteiger partial charge in [0.2, 0.25) is 0 Å². The van der Waals surface area contributed by atoms with Gasteiger partial charge in [0.05, 0.1) is 23.8 Å². The van der Waals surface area contributed by atoms with E-state index in [9.17, 15) is 4.79 Å². The predicted octanol–water partition coefficient (Wildman–Crippen LogP) is 3.70. The van der Waals surface area contributed by atoms with Crippen LogP contribution in [-0.4, -0.2) is 40.0 Å². The number of benzene rings is 1. The second-order valence-electron chi connectivity index (χ2n) is 6.26. The topological polar surface area (TPSA) is 64.6 Å². The van der Waals surface area contributed by atoms with Crippen LogP contribution in [0.2, 0.25) is 0 Å². The number of rotatable bonds is 5. The van der Waals surface area contributed by atoms with Gasteiger partial charge in [-0.25, -0.2) is 9.97 Å². The van der Waals surface area contributed by atoms with Crippen LogP contribution in [0.1, 0.15) is 25.4 Å². The average Bonchev–Trinajstić information content (AvgIpc) is 3.29. The lowest BCUT2D eigenvalue weighted by atomic mass is 10.2. The first kappa shape index (κ1) is 17.9. The molecule has 140 valence electrons. The largest absolute Gasteiger partial charge is 0.486 e. The van der Waals surface area contributed by atoms with E-state index in [1.807, 2.05) is 43.5 Å². The van der Waals surface area contributed by atoms with Crippen LogP contribution in [-0.2, 0) is 6.54 Å². The molecule has 0 bridgehead atoms. The van der Waals surface area contributed by atoms with Gasteiger partial charge in [0.25, 0.3) is 5.91 Å². The van der Waals surface area contributed by atoms with E-state index in [0.717, 1.165) is 21.5 Å². The van der Waals surface area contributed by atoms with Gasteiger partial charge in [0.15, 0.2) is 17.6 Å². The Kier molecular flexibility index (Phi) is 5.09. The number of amides is 1. The number of para-hydroxylation sites is 2. The Morgan fingerprint density at radius 2 is 2.11 bits per heavy atom. The Balaban J connectivity index is 1.55. The summed E-state index contributed by atoms with van der Waals surface area (Å²) < 4.78 is 11.9. The predicted molar refractivity (Wildman–Crippen MR) is 105 cm³/mol. The zero-order chi connectivity index (χ0) is 18.8. The summed E-state index contributed by atoms with van der Waals surface area (Å²) in [5, 5.41) is 3.69. The molecule has 1 amide bonds. The molecule has 8 heteroatoms. The monoisotopic (exact) mass is 401 g/mol. The fourth-order valence-electron chi connectivity index (χ4n) is 2.99. The molecular formula is C19H19N3O3S2. The first-order chi connectivity index (χ1) is 13.1. The van der Waals surface area contributed by atoms with Crippen molar-refractivity contribution in [1.82, 2.24) is 14.9 Å². The van der Waals surface area contributed by atoms with Crippen LogP contribution in [0.4, 0.5) is 0 Å². The molecule has 6 nitrogen and oxygen atoms in total. The molecule has 0 aliphatic carbocycles. The maximum atomic E-state index is 13.2. The van der Waals surface area contributed by atoms with Crippen molar-refractivity contribution in [3.8, 4) is 11.5 Å². The molecule has 0 saturated heterocycles. The molecular weight excluding hydrogens is 382 g/mol. The van der Waals surface area contributed by atoms with E-state index < -0.39 is 0 Å². The Labute approximate surface area is 165 Å². The highest BCUT2D eigenvalue weighted by Crippen LogP contribution is 2.31. The summed E-state index contributed by atoms with van der Waals surface area (Å²) in [6.07, 6.45) is 1.51. The summed E-state index contributed by atoms with van der Waals surface area (Å²) in [5.74, 6) is 1.40. The molecule has 3 aromatic rings. The Morgan fingerprint density at radius 1 is 1.30 bits per heavy atom. The molecule has 1 aromatic carbocycles. The summed E-state index contributed by atoms with van der Waals surface area (Å²) in [6, 6.07) is 7.58. The second-order valence-corrected chi connectivity index (χ2v) is 8.44. The number of thiazole rings is 2. The lowest BCUT2D eigenvalue weighted by Crippen LogP contribution is -2.43. The molecule has 1 aliphatic rings. The standard InChI is InChI=1S/C19H19N3O3S2/c1-12-18(27-13(2)21-12)19(23)22(10-17-20-7-8-26-17)9-14-11-24-15-5-3-4-6-16(15)25-14/h3-8,14H,9-11H2,1-2H3/t14-/m0/s1. The minimum atomic E-state index is -0.238. The normalized spacial score (nSPS) is 15.6. The molecule has 0 radical (unpaired) electrons. The zero-order valence-corrected chi connectivity index (χ0v) is 16.7.